The van der Waals surface area contributed by atoms with E-state index in [0.29, 0.717) is 5.88 Å². The number of nitrogens with zero attached hydrogens (tertiary/aromatic N) is 3. The van der Waals surface area contributed by atoms with E-state index in [4.69, 9.17) is 9.84 Å². The van der Waals surface area contributed by atoms with E-state index >= 15 is 0 Å². The molecule has 2 aromatic heterocycles. The van der Waals surface area contributed by atoms with Gasteiger partial charge in [-0.3, -0.25) is 4.98 Å². The van der Waals surface area contributed by atoms with Crippen LogP contribution in [0.5, 0.6) is 5.88 Å². The van der Waals surface area contributed by atoms with Crippen molar-refractivity contribution in [1.29, 1.82) is 0 Å². The quantitative estimate of drug-likeness (QED) is 0.770. The first-order valence-corrected chi connectivity index (χ1v) is 9.88. The first-order valence-electron chi connectivity index (χ1n) is 9.88. The van der Waals surface area contributed by atoms with Gasteiger partial charge in [-0.15, -0.1) is 0 Å². The molecular weight excluding hydrogens is 356 g/mol. The number of amides is 1. The third kappa shape index (κ3) is 4.19. The number of hydrogen-bond acceptors (Lipinski definition) is 4. The average molecular weight is 388 g/mol. The van der Waals surface area contributed by atoms with Crippen molar-refractivity contribution in [3.8, 4) is 5.88 Å². The second kappa shape index (κ2) is 7.91. The summed E-state index contributed by atoms with van der Waals surface area (Å²) < 4.78 is 6.26. The van der Waals surface area contributed by atoms with Gasteiger partial charge >= 0.3 is 6.09 Å². The molecule has 0 spiro atoms. The summed E-state index contributed by atoms with van der Waals surface area (Å²) >= 11 is 0. The Morgan fingerprint density at radius 3 is 2.61 bits per heavy atom. The van der Waals surface area contributed by atoms with Gasteiger partial charge in [-0.2, -0.15) is 0 Å². The maximum atomic E-state index is 11.0. The van der Waals surface area contributed by atoms with Crippen LogP contribution < -0.4 is 10.1 Å². The molecule has 0 bridgehead atoms. The van der Waals surface area contributed by atoms with Crippen LogP contribution in [0.2, 0.25) is 0 Å². The van der Waals surface area contributed by atoms with Gasteiger partial charge in [0.25, 0.3) is 0 Å². The second-order valence-electron chi connectivity index (χ2n) is 8.65. The largest absolute Gasteiger partial charge is 0.481 e. The minimum atomic E-state index is -0.927. The summed E-state index contributed by atoms with van der Waals surface area (Å²) in [7, 11) is 1.62. The number of rotatable bonds is 5. The van der Waals surface area contributed by atoms with E-state index in [1.807, 2.05) is 24.4 Å². The lowest BCUT2D eigenvalue weighted by Gasteiger charge is -2.52. The number of ether oxygens (including phenoxy) is 1. The van der Waals surface area contributed by atoms with E-state index in [-0.39, 0.29) is 11.6 Å². The zero-order chi connectivity index (χ0) is 20.4. The van der Waals surface area contributed by atoms with Gasteiger partial charge in [-0.25, -0.2) is 9.78 Å². The van der Waals surface area contributed by atoms with Gasteiger partial charge in [0.05, 0.1) is 43.3 Å². The van der Waals surface area contributed by atoms with Crippen LogP contribution in [0.4, 0.5) is 4.79 Å². The van der Waals surface area contributed by atoms with E-state index in [2.05, 4.69) is 36.1 Å². The van der Waals surface area contributed by atoms with Crippen molar-refractivity contribution >= 4 is 17.1 Å². The fourth-order valence-electron chi connectivity index (χ4n) is 4.32. The van der Waals surface area contributed by atoms with Crippen LogP contribution in [0.3, 0.4) is 0 Å². The smallest absolute Gasteiger partial charge is 0.404 e. The molecule has 1 amide bonds. The minimum absolute atomic E-state index is 0.0544. The molecule has 0 atom stereocenters. The Kier molecular flexibility index (Phi) is 5.74. The maximum absolute atomic E-state index is 11.0. The summed E-state index contributed by atoms with van der Waals surface area (Å²) in [5, 5.41) is 11.7. The second-order valence-corrected chi connectivity index (χ2v) is 8.65. The number of piperidine rings is 1. The number of hydrogen-bond donors (Lipinski definition) is 2. The normalized spacial score (nSPS) is 22.8. The Labute approximate surface area is 166 Å². The highest BCUT2D eigenvalue weighted by Crippen LogP contribution is 2.31. The van der Waals surface area contributed by atoms with E-state index in [0.717, 1.165) is 54.4 Å². The molecule has 28 heavy (non-hydrogen) atoms. The van der Waals surface area contributed by atoms with Crippen molar-refractivity contribution < 1.29 is 19.1 Å². The standard InChI is InChI=1S/C21H30N4O3/c1-21(2,3)25(13-9-16(10-14-25)23-20(26)27)12-8-15-7-11-22-17-5-6-18(28-4)24-19(15)17/h5-7,11,16,23H,8-10,12-14H2,1-4H3/p+1. The molecule has 3 heterocycles. The van der Waals surface area contributed by atoms with Crippen LogP contribution >= 0.6 is 0 Å². The van der Waals surface area contributed by atoms with Crippen LogP contribution in [0.1, 0.15) is 39.2 Å². The van der Waals surface area contributed by atoms with Crippen molar-refractivity contribution in [3.63, 3.8) is 0 Å². The lowest BCUT2D eigenvalue weighted by Crippen LogP contribution is -2.65. The Morgan fingerprint density at radius 2 is 2.00 bits per heavy atom. The van der Waals surface area contributed by atoms with E-state index in [1.54, 1.807) is 7.11 Å². The number of pyridine rings is 2. The number of carboxylic acid groups (broad SMARTS) is 1. The monoisotopic (exact) mass is 387 g/mol. The molecule has 1 saturated heterocycles. The van der Waals surface area contributed by atoms with Gasteiger partial charge in [0.2, 0.25) is 5.88 Å². The van der Waals surface area contributed by atoms with Gasteiger partial charge < -0.3 is 19.6 Å². The van der Waals surface area contributed by atoms with Crippen molar-refractivity contribution in [2.24, 2.45) is 0 Å². The van der Waals surface area contributed by atoms with Gasteiger partial charge in [0.1, 0.15) is 0 Å². The first-order chi connectivity index (χ1) is 13.2. The molecular formula is C21H31N4O3+. The summed E-state index contributed by atoms with van der Waals surface area (Å²) in [6, 6.07) is 5.88. The van der Waals surface area contributed by atoms with Crippen molar-refractivity contribution in [2.75, 3.05) is 26.7 Å². The predicted octanol–water partition coefficient (Wildman–Crippen LogP) is 3.23. The summed E-state index contributed by atoms with van der Waals surface area (Å²) in [6.45, 7) is 9.77. The molecule has 0 saturated carbocycles. The summed E-state index contributed by atoms with van der Waals surface area (Å²) in [4.78, 5) is 20.0. The summed E-state index contributed by atoms with van der Waals surface area (Å²) in [5.74, 6) is 0.599. The summed E-state index contributed by atoms with van der Waals surface area (Å²) in [5.41, 5.74) is 3.04. The number of likely N-dealkylation sites (tertiary alicyclic amines) is 1. The zero-order valence-electron chi connectivity index (χ0n) is 17.2. The Morgan fingerprint density at radius 1 is 1.29 bits per heavy atom. The van der Waals surface area contributed by atoms with Crippen molar-refractivity contribution in [3.05, 3.63) is 30.0 Å². The van der Waals surface area contributed by atoms with Crippen LogP contribution in [-0.2, 0) is 6.42 Å². The number of fused-ring (bicyclic) bond motifs is 1. The maximum Gasteiger partial charge on any atom is 0.404 e. The highest BCUT2D eigenvalue weighted by Gasteiger charge is 2.43. The molecule has 7 nitrogen and oxygen atoms in total. The number of aromatic nitrogens is 2. The van der Waals surface area contributed by atoms with E-state index in [9.17, 15) is 4.79 Å². The highest BCUT2D eigenvalue weighted by molar-refractivity contribution is 5.78. The number of carbonyl (C=O) groups is 1. The molecule has 1 aliphatic heterocycles. The molecule has 7 heteroatoms. The van der Waals surface area contributed by atoms with Gasteiger partial charge in [0.15, 0.2) is 0 Å². The molecule has 0 aromatic carbocycles. The molecule has 2 aromatic rings. The van der Waals surface area contributed by atoms with Crippen molar-refractivity contribution in [2.45, 2.75) is 51.6 Å². The van der Waals surface area contributed by atoms with Crippen LogP contribution in [0, 0.1) is 0 Å². The fourth-order valence-corrected chi connectivity index (χ4v) is 4.32. The SMILES string of the molecule is COc1ccc2nccc(CC[N+]3(C(C)(C)C)CCC(NC(=O)O)CC3)c2n1. The van der Waals surface area contributed by atoms with Gasteiger partial charge in [-0.1, -0.05) is 0 Å². The Bertz CT molecular complexity index is 839. The molecule has 0 aliphatic carbocycles. The van der Waals surface area contributed by atoms with Crippen LogP contribution in [0.15, 0.2) is 24.4 Å². The first kappa shape index (κ1) is 20.3. The highest BCUT2D eigenvalue weighted by atomic mass is 16.5. The molecule has 1 fully saturated rings. The minimum Gasteiger partial charge on any atom is -0.481 e. The predicted molar refractivity (Wildman–Crippen MR) is 109 cm³/mol. The fraction of sp³-hybridized carbons (Fsp3) is 0.571. The average Bonchev–Trinajstić information content (AvgIpc) is 2.65. The molecule has 3 rings (SSSR count). The number of nitrogens with one attached hydrogen (secondary N) is 1. The molecule has 2 N–H and O–H groups in total. The Balaban J connectivity index is 1.80. The molecule has 0 unspecified atom stereocenters. The number of methoxy groups -OCH3 is 1. The molecule has 0 radical (unpaired) electrons. The van der Waals surface area contributed by atoms with Gasteiger partial charge in [-0.05, 0) is 38.5 Å². The lowest BCUT2D eigenvalue weighted by atomic mass is 9.92. The molecule has 152 valence electrons. The van der Waals surface area contributed by atoms with Crippen LogP contribution in [-0.4, -0.2) is 64.0 Å². The Hall–Kier alpha value is -2.41. The summed E-state index contributed by atoms with van der Waals surface area (Å²) in [6.07, 6.45) is 3.55. The number of quaternary nitrogens is 1. The third-order valence-electron chi connectivity index (χ3n) is 6.22. The van der Waals surface area contributed by atoms with Gasteiger partial charge in [0, 0.05) is 37.6 Å². The zero-order valence-corrected chi connectivity index (χ0v) is 17.2. The molecule has 1 aliphatic rings. The van der Waals surface area contributed by atoms with Crippen molar-refractivity contribution in [1.82, 2.24) is 15.3 Å². The van der Waals surface area contributed by atoms with E-state index in [1.165, 1.54) is 5.56 Å². The topological polar surface area (TPSA) is 84.3 Å². The van der Waals surface area contributed by atoms with E-state index < -0.39 is 6.09 Å². The van der Waals surface area contributed by atoms with Crippen LogP contribution in [0.25, 0.3) is 11.0 Å². The third-order valence-corrected chi connectivity index (χ3v) is 6.22. The lowest BCUT2D eigenvalue weighted by molar-refractivity contribution is -0.974.